The van der Waals surface area contributed by atoms with E-state index in [4.69, 9.17) is 26.0 Å². The molecule has 5 atom stereocenters. The smallest absolute Gasteiger partial charge is 0.251 e. The van der Waals surface area contributed by atoms with Gasteiger partial charge >= 0.3 is 0 Å². The van der Waals surface area contributed by atoms with E-state index >= 15 is 0 Å². The van der Waals surface area contributed by atoms with E-state index in [0.29, 0.717) is 40.8 Å². The first-order valence-electron chi connectivity index (χ1n) is 23.1. The highest BCUT2D eigenvalue weighted by atomic mass is 35.5. The van der Waals surface area contributed by atoms with Crippen molar-refractivity contribution in [2.75, 3.05) is 13.2 Å². The number of likely N-dealkylation sites (tertiary alicyclic amines) is 1. The maximum absolute atomic E-state index is 14.3. The van der Waals surface area contributed by atoms with E-state index in [2.05, 4.69) is 45.7 Å². The van der Waals surface area contributed by atoms with E-state index < -0.39 is 18.1 Å². The molecule has 0 spiro atoms. The van der Waals surface area contributed by atoms with Crippen molar-refractivity contribution in [3.05, 3.63) is 136 Å². The number of Topliss-reactive ketones (excluding diaryl/α,β-unsaturated/α-hetero) is 1. The van der Waals surface area contributed by atoms with Crippen LogP contribution < -0.4 is 10.1 Å². The molecule has 1 aliphatic heterocycles. The SMILES string of the molecule is Cc1ncsc1-c1ccc([C@H](C)CC(=O)C2C[C@@H](O)CN2C(=O)[C@@H](c2occc2OCCCCCCc2ccc(C(=O)NC(C)Cn3ccc(-c4ccc(C#N)c(Cl)c4)n3)cc2)C(C)C)cc1. The summed E-state index contributed by atoms with van der Waals surface area (Å²) < 4.78 is 13.9. The molecule has 3 aromatic carbocycles. The molecule has 67 heavy (non-hydrogen) atoms. The number of thiazole rings is 1. The highest BCUT2D eigenvalue weighted by Crippen LogP contribution is 2.38. The largest absolute Gasteiger partial charge is 0.490 e. The third-order valence-electron chi connectivity index (χ3n) is 12.5. The molecule has 0 saturated carbocycles. The van der Waals surface area contributed by atoms with Crippen molar-refractivity contribution >= 4 is 40.5 Å². The van der Waals surface area contributed by atoms with E-state index in [1.54, 1.807) is 45.4 Å². The zero-order valence-electron chi connectivity index (χ0n) is 38.8. The van der Waals surface area contributed by atoms with Gasteiger partial charge in [0.25, 0.3) is 5.91 Å². The molecule has 1 fully saturated rings. The van der Waals surface area contributed by atoms with Crippen molar-refractivity contribution < 1.29 is 28.6 Å². The van der Waals surface area contributed by atoms with Crippen molar-refractivity contribution in [2.45, 2.75) is 116 Å². The Hall–Kier alpha value is -6.07. The molecule has 2 amide bonds. The molecular weight excluding hydrogens is 884 g/mol. The van der Waals surface area contributed by atoms with Crippen LogP contribution in [0.2, 0.25) is 5.02 Å². The number of aliphatic hydroxyl groups excluding tert-OH is 1. The number of carbonyl (C=O) groups is 3. The number of aliphatic hydroxyl groups is 1. The predicted octanol–water partition coefficient (Wildman–Crippen LogP) is 10.6. The Morgan fingerprint density at radius 2 is 1.73 bits per heavy atom. The number of unbranched alkanes of at least 4 members (excludes halogenated alkanes) is 3. The Morgan fingerprint density at radius 1 is 0.985 bits per heavy atom. The van der Waals surface area contributed by atoms with Crippen molar-refractivity contribution in [1.82, 2.24) is 25.0 Å². The highest BCUT2D eigenvalue weighted by molar-refractivity contribution is 7.13. The topological polar surface area (TPSA) is 164 Å². The quantitative estimate of drug-likeness (QED) is 0.0669. The number of furan rings is 1. The lowest BCUT2D eigenvalue weighted by molar-refractivity contribution is -0.140. The molecule has 2 unspecified atom stereocenters. The second-order valence-corrected chi connectivity index (χ2v) is 19.3. The number of carbonyl (C=O) groups excluding carboxylic acids is 3. The van der Waals surface area contributed by atoms with E-state index in [1.807, 2.05) is 82.7 Å². The minimum Gasteiger partial charge on any atom is -0.490 e. The van der Waals surface area contributed by atoms with Crippen LogP contribution in [-0.4, -0.2) is 73.7 Å². The van der Waals surface area contributed by atoms with E-state index in [-0.39, 0.29) is 54.9 Å². The van der Waals surface area contributed by atoms with Crippen LogP contribution >= 0.6 is 22.9 Å². The summed E-state index contributed by atoms with van der Waals surface area (Å²) in [4.78, 5) is 48.3. The van der Waals surface area contributed by atoms with Gasteiger partial charge in [0.1, 0.15) is 12.0 Å². The number of benzene rings is 3. The van der Waals surface area contributed by atoms with Gasteiger partial charge < -0.3 is 24.5 Å². The van der Waals surface area contributed by atoms with Gasteiger partial charge in [0.05, 0.1) is 63.9 Å². The minimum atomic E-state index is -0.782. The lowest BCUT2D eigenvalue weighted by Crippen LogP contribution is -2.44. The molecule has 1 aliphatic rings. The zero-order chi connectivity index (χ0) is 47.6. The monoisotopic (exact) mass is 942 g/mol. The molecule has 2 N–H and O–H groups in total. The van der Waals surface area contributed by atoms with Crippen molar-refractivity contribution in [1.29, 1.82) is 5.26 Å². The van der Waals surface area contributed by atoms with Crippen LogP contribution in [-0.2, 0) is 22.6 Å². The van der Waals surface area contributed by atoms with Crippen LogP contribution in [0, 0.1) is 24.2 Å². The Labute approximate surface area is 401 Å². The third-order valence-corrected chi connectivity index (χ3v) is 13.8. The first kappa shape index (κ1) is 48.9. The summed E-state index contributed by atoms with van der Waals surface area (Å²) in [5.74, 6) is -0.356. The summed E-state index contributed by atoms with van der Waals surface area (Å²) in [7, 11) is 0. The van der Waals surface area contributed by atoms with E-state index in [0.717, 1.165) is 70.6 Å². The molecular formula is C53H59ClN6O6S. The first-order valence-corrected chi connectivity index (χ1v) is 24.4. The molecule has 14 heteroatoms. The van der Waals surface area contributed by atoms with Gasteiger partial charge in [0.2, 0.25) is 5.91 Å². The number of hydrogen-bond acceptors (Lipinski definition) is 10. The molecule has 4 heterocycles. The molecule has 3 aromatic heterocycles. The van der Waals surface area contributed by atoms with Crippen molar-refractivity contribution in [3.8, 4) is 33.5 Å². The normalized spacial score (nSPS) is 16.1. The predicted molar refractivity (Wildman–Crippen MR) is 261 cm³/mol. The summed E-state index contributed by atoms with van der Waals surface area (Å²) >= 11 is 7.81. The Bertz CT molecular complexity index is 2670. The number of nitriles is 1. The molecule has 0 radical (unpaired) electrons. The van der Waals surface area contributed by atoms with Gasteiger partial charge in [0, 0.05) is 48.8 Å². The van der Waals surface area contributed by atoms with Crippen LogP contribution in [0.15, 0.2) is 101 Å². The number of aromatic nitrogens is 3. The van der Waals surface area contributed by atoms with Crippen molar-refractivity contribution in [2.24, 2.45) is 5.92 Å². The Kier molecular flexibility index (Phi) is 16.5. The minimum absolute atomic E-state index is 0.0597. The van der Waals surface area contributed by atoms with Crippen LogP contribution in [0.3, 0.4) is 0 Å². The summed E-state index contributed by atoms with van der Waals surface area (Å²) in [6.07, 6.45) is 7.76. The Balaban J connectivity index is 0.830. The third kappa shape index (κ3) is 12.3. The van der Waals surface area contributed by atoms with Gasteiger partial charge in [-0.2, -0.15) is 10.4 Å². The summed E-state index contributed by atoms with van der Waals surface area (Å²) in [6.45, 7) is 10.9. The number of aryl methyl sites for hydroxylation is 2. The number of amides is 2. The molecule has 1 saturated heterocycles. The average Bonchev–Trinajstić information content (AvgIpc) is 4.15. The van der Waals surface area contributed by atoms with Crippen molar-refractivity contribution in [3.63, 3.8) is 0 Å². The van der Waals surface area contributed by atoms with Gasteiger partial charge in [-0.15, -0.1) is 11.3 Å². The number of hydrogen-bond donors (Lipinski definition) is 2. The number of ketones is 1. The lowest BCUT2D eigenvalue weighted by Gasteiger charge is -2.29. The Morgan fingerprint density at radius 3 is 2.43 bits per heavy atom. The number of rotatable bonds is 21. The fourth-order valence-corrected chi connectivity index (χ4v) is 9.83. The zero-order valence-corrected chi connectivity index (χ0v) is 40.4. The fourth-order valence-electron chi connectivity index (χ4n) is 8.80. The van der Waals surface area contributed by atoms with E-state index in [9.17, 15) is 19.5 Å². The number of nitrogens with one attached hydrogen (secondary N) is 1. The number of nitrogens with zero attached hydrogens (tertiary/aromatic N) is 5. The first-order chi connectivity index (χ1) is 32.3. The maximum atomic E-state index is 14.3. The fraction of sp³-hybridized carbons (Fsp3) is 0.396. The second kappa shape index (κ2) is 22.6. The van der Waals surface area contributed by atoms with Gasteiger partial charge in [-0.1, -0.05) is 87.7 Å². The van der Waals surface area contributed by atoms with Gasteiger partial charge in [-0.05, 0) is 92.0 Å². The number of halogens is 1. The van der Waals surface area contributed by atoms with Gasteiger partial charge in [0.15, 0.2) is 17.3 Å². The highest BCUT2D eigenvalue weighted by Gasteiger charge is 2.43. The van der Waals surface area contributed by atoms with E-state index in [1.165, 1.54) is 0 Å². The van der Waals surface area contributed by atoms with Crippen LogP contribution in [0.5, 0.6) is 5.75 Å². The standard InChI is InChI=1S/C53H59ClN6O6S/c1-33(2)49(53(64)60-31-43(61)28-46(60)47(62)26-34(3)38-15-17-39(18-16-38)51-36(5)56-32-67-51)50-48(22-25-66-50)65-24-9-7-6-8-10-37-11-13-40(14-12-37)52(63)57-35(4)30-59-23-21-45(58-59)41-19-20-42(29-55)44(54)27-41/h11-23,25,27,32-35,43,46,49,61H,6-10,24,26,28,30-31H2,1-5H3,(H,57,63)/t34-,35?,43-,46?,49-/m1/s1. The molecule has 350 valence electrons. The lowest BCUT2D eigenvalue weighted by atomic mass is 9.89. The molecule has 0 aliphatic carbocycles. The van der Waals surface area contributed by atoms with Crippen LogP contribution in [0.25, 0.3) is 21.7 Å². The van der Waals surface area contributed by atoms with Crippen LogP contribution in [0.1, 0.15) is 117 Å². The number of β-amino-alcohol motifs (C(OH)–C–C–N with tert-alkyl or cyclic N) is 1. The number of ether oxygens (including phenoxy) is 1. The summed E-state index contributed by atoms with van der Waals surface area (Å²) in [6, 6.07) is 26.0. The van der Waals surface area contributed by atoms with Gasteiger partial charge in [-0.25, -0.2) is 4.98 Å². The molecule has 0 bridgehead atoms. The second-order valence-electron chi connectivity index (χ2n) is 18.0. The molecule has 6 aromatic rings. The average molecular weight is 944 g/mol. The molecule has 12 nitrogen and oxygen atoms in total. The summed E-state index contributed by atoms with van der Waals surface area (Å²) in [5.41, 5.74) is 8.69. The molecule has 7 rings (SSSR count). The maximum Gasteiger partial charge on any atom is 0.251 e. The van der Waals surface area contributed by atoms with Crippen LogP contribution in [0.4, 0.5) is 0 Å². The van der Waals surface area contributed by atoms with Gasteiger partial charge in [-0.3, -0.25) is 19.1 Å². The summed E-state index contributed by atoms with van der Waals surface area (Å²) in [5, 5.41) is 28.0.